The van der Waals surface area contributed by atoms with E-state index in [9.17, 15) is 23.1 Å². The van der Waals surface area contributed by atoms with Crippen LogP contribution in [-0.4, -0.2) is 40.5 Å². The van der Waals surface area contributed by atoms with E-state index in [1.807, 2.05) is 6.92 Å². The van der Waals surface area contributed by atoms with Crippen molar-refractivity contribution in [3.05, 3.63) is 41.7 Å². The second-order valence-corrected chi connectivity index (χ2v) is 6.38. The lowest BCUT2D eigenvalue weighted by atomic mass is 10.2. The Bertz CT molecular complexity index is 1090. The van der Waals surface area contributed by atoms with Gasteiger partial charge < -0.3 is 23.9 Å². The van der Waals surface area contributed by atoms with Crippen molar-refractivity contribution in [3.63, 3.8) is 0 Å². The van der Waals surface area contributed by atoms with Gasteiger partial charge in [0.25, 0.3) is 0 Å². The molecule has 10 heteroatoms. The van der Waals surface area contributed by atoms with E-state index in [2.05, 4.69) is 4.98 Å². The van der Waals surface area contributed by atoms with Gasteiger partial charge in [0.1, 0.15) is 22.9 Å². The summed E-state index contributed by atoms with van der Waals surface area (Å²) in [7, 11) is 2.91. The molecule has 3 aromatic rings. The Hall–Kier alpha value is -3.43. The molecule has 160 valence electrons. The van der Waals surface area contributed by atoms with Crippen molar-refractivity contribution >= 4 is 17.0 Å². The van der Waals surface area contributed by atoms with Gasteiger partial charge in [-0.15, -0.1) is 0 Å². The number of nitrogens with zero attached hydrogens (tertiary/aromatic N) is 2. The summed E-state index contributed by atoms with van der Waals surface area (Å²) in [6.45, 7) is 0.197. The second-order valence-electron chi connectivity index (χ2n) is 6.38. The molecule has 0 aliphatic heterocycles. The maximum atomic E-state index is 12.7. The number of carboxylic acids is 1. The first kappa shape index (κ1) is 21.3. The fourth-order valence-electron chi connectivity index (χ4n) is 3.00. The van der Waals surface area contributed by atoms with Gasteiger partial charge in [0.2, 0.25) is 0 Å². The Balaban J connectivity index is 2.15. The van der Waals surface area contributed by atoms with Gasteiger partial charge in [-0.1, -0.05) is 13.0 Å². The fraction of sp³-hybridized carbons (Fsp3) is 0.300. The number of rotatable bonds is 7. The monoisotopic (exact) mass is 424 g/mol. The minimum Gasteiger partial charge on any atom is -0.497 e. The van der Waals surface area contributed by atoms with E-state index in [-0.39, 0.29) is 16.8 Å². The summed E-state index contributed by atoms with van der Waals surface area (Å²) in [4.78, 5) is 16.1. The number of ether oxygens (including phenoxy) is 3. The van der Waals surface area contributed by atoms with Crippen LogP contribution in [0.25, 0.3) is 11.0 Å². The number of carboxylic acid groups (broad SMARTS) is 1. The van der Waals surface area contributed by atoms with Crippen LogP contribution in [0.5, 0.6) is 23.0 Å². The van der Waals surface area contributed by atoms with E-state index in [4.69, 9.17) is 14.2 Å². The number of methoxy groups -OCH3 is 1. The second kappa shape index (κ2) is 8.13. The van der Waals surface area contributed by atoms with Gasteiger partial charge in [0.15, 0.2) is 18.1 Å². The molecule has 0 saturated carbocycles. The lowest BCUT2D eigenvalue weighted by Gasteiger charge is -2.12. The summed E-state index contributed by atoms with van der Waals surface area (Å²) in [5.74, 6) is -0.583. The van der Waals surface area contributed by atoms with Crippen LogP contribution >= 0.6 is 0 Å². The predicted molar refractivity (Wildman–Crippen MR) is 102 cm³/mol. The molecule has 1 aromatic carbocycles. The standard InChI is InChI=1S/C20H19F3N2O5/c1-4-14-15(30-12-7-5-6-11(8-12)28-3)9-13-17(29-10-20(21,22)23)16(19(26)27)25(2)18(13)24-14/h5-9H,4,10H2,1-3H3,(H,26,27). The first-order valence-corrected chi connectivity index (χ1v) is 8.91. The van der Waals surface area contributed by atoms with Crippen molar-refractivity contribution in [3.8, 4) is 23.0 Å². The number of aromatic nitrogens is 2. The first-order chi connectivity index (χ1) is 14.1. The van der Waals surface area contributed by atoms with Crippen LogP contribution in [0.1, 0.15) is 23.1 Å². The number of pyridine rings is 1. The Labute approximate surface area is 169 Å². The Morgan fingerprint density at radius 3 is 2.53 bits per heavy atom. The van der Waals surface area contributed by atoms with E-state index in [1.165, 1.54) is 24.8 Å². The molecule has 3 rings (SSSR count). The van der Waals surface area contributed by atoms with Gasteiger partial charge >= 0.3 is 12.1 Å². The van der Waals surface area contributed by atoms with Crippen LogP contribution in [0.2, 0.25) is 0 Å². The molecule has 0 atom stereocenters. The van der Waals surface area contributed by atoms with Crippen LogP contribution < -0.4 is 14.2 Å². The summed E-state index contributed by atoms with van der Waals surface area (Å²) < 4.78 is 55.2. The SMILES string of the molecule is CCc1nc2c(cc1Oc1cccc(OC)c1)c(OCC(F)(F)F)c(C(=O)O)n2C. The minimum absolute atomic E-state index is 0.106. The topological polar surface area (TPSA) is 82.8 Å². The van der Waals surface area contributed by atoms with E-state index in [1.54, 1.807) is 24.3 Å². The predicted octanol–water partition coefficient (Wildman–Crippen LogP) is 4.58. The molecule has 0 radical (unpaired) electrons. The summed E-state index contributed by atoms with van der Waals surface area (Å²) in [5.41, 5.74) is 0.256. The molecule has 2 aromatic heterocycles. The number of aromatic carboxylic acids is 1. The third-order valence-electron chi connectivity index (χ3n) is 4.34. The van der Waals surface area contributed by atoms with Crippen molar-refractivity contribution < 1.29 is 37.3 Å². The number of hydrogen-bond donors (Lipinski definition) is 1. The van der Waals surface area contributed by atoms with Crippen LogP contribution in [-0.2, 0) is 13.5 Å². The van der Waals surface area contributed by atoms with Gasteiger partial charge in [-0.2, -0.15) is 13.2 Å². The number of halogens is 3. The number of aryl methyl sites for hydroxylation is 2. The molecule has 7 nitrogen and oxygen atoms in total. The zero-order valence-electron chi connectivity index (χ0n) is 16.4. The largest absolute Gasteiger partial charge is 0.497 e. The average Bonchev–Trinajstić information content (AvgIpc) is 2.96. The molecule has 0 aliphatic rings. The Morgan fingerprint density at radius 1 is 1.23 bits per heavy atom. The Kier molecular flexibility index (Phi) is 5.77. The lowest BCUT2D eigenvalue weighted by molar-refractivity contribution is -0.153. The van der Waals surface area contributed by atoms with Crippen molar-refractivity contribution in [2.24, 2.45) is 7.05 Å². The van der Waals surface area contributed by atoms with E-state index in [0.717, 1.165) is 0 Å². The van der Waals surface area contributed by atoms with Crippen LogP contribution in [0.4, 0.5) is 13.2 Å². The highest BCUT2D eigenvalue weighted by Crippen LogP contribution is 2.38. The van der Waals surface area contributed by atoms with Crippen molar-refractivity contribution in [2.75, 3.05) is 13.7 Å². The zero-order valence-corrected chi connectivity index (χ0v) is 16.4. The molecule has 0 bridgehead atoms. The molecular formula is C20H19F3N2O5. The van der Waals surface area contributed by atoms with Gasteiger partial charge in [-0.3, -0.25) is 0 Å². The smallest absolute Gasteiger partial charge is 0.422 e. The van der Waals surface area contributed by atoms with E-state index < -0.39 is 30.2 Å². The Morgan fingerprint density at radius 2 is 1.93 bits per heavy atom. The van der Waals surface area contributed by atoms with Crippen LogP contribution in [0.3, 0.4) is 0 Å². The molecular weight excluding hydrogens is 405 g/mol. The average molecular weight is 424 g/mol. The van der Waals surface area contributed by atoms with Gasteiger partial charge in [-0.05, 0) is 24.6 Å². The van der Waals surface area contributed by atoms with Crippen molar-refractivity contribution in [1.29, 1.82) is 0 Å². The normalized spacial score (nSPS) is 11.5. The number of carbonyl (C=O) groups is 1. The molecule has 0 fully saturated rings. The number of hydrogen-bond acceptors (Lipinski definition) is 5. The molecule has 30 heavy (non-hydrogen) atoms. The highest BCUT2D eigenvalue weighted by Gasteiger charge is 2.32. The maximum Gasteiger partial charge on any atom is 0.422 e. The summed E-state index contributed by atoms with van der Waals surface area (Å²) in [6.07, 6.45) is -4.18. The van der Waals surface area contributed by atoms with Crippen molar-refractivity contribution in [2.45, 2.75) is 19.5 Å². The van der Waals surface area contributed by atoms with Crippen molar-refractivity contribution in [1.82, 2.24) is 9.55 Å². The third kappa shape index (κ3) is 4.27. The van der Waals surface area contributed by atoms with Gasteiger partial charge in [0, 0.05) is 13.1 Å². The molecule has 0 spiro atoms. The highest BCUT2D eigenvalue weighted by atomic mass is 19.4. The zero-order chi connectivity index (χ0) is 22.1. The first-order valence-electron chi connectivity index (χ1n) is 8.91. The molecule has 0 saturated heterocycles. The summed E-state index contributed by atoms with van der Waals surface area (Å²) in [6, 6.07) is 8.21. The third-order valence-corrected chi connectivity index (χ3v) is 4.34. The fourth-order valence-corrected chi connectivity index (χ4v) is 3.00. The molecule has 0 amide bonds. The van der Waals surface area contributed by atoms with E-state index >= 15 is 0 Å². The minimum atomic E-state index is -4.63. The number of alkyl halides is 3. The lowest BCUT2D eigenvalue weighted by Crippen LogP contribution is -2.20. The maximum absolute atomic E-state index is 12.7. The van der Waals surface area contributed by atoms with E-state index in [0.29, 0.717) is 23.6 Å². The van der Waals surface area contributed by atoms with Crippen LogP contribution in [0.15, 0.2) is 30.3 Å². The molecule has 1 N–H and O–H groups in total. The van der Waals surface area contributed by atoms with Gasteiger partial charge in [0.05, 0.1) is 18.2 Å². The summed E-state index contributed by atoms with van der Waals surface area (Å²) in [5, 5.41) is 9.62. The summed E-state index contributed by atoms with van der Waals surface area (Å²) >= 11 is 0. The molecule has 0 aliphatic carbocycles. The highest BCUT2D eigenvalue weighted by molar-refractivity contribution is 6.00. The van der Waals surface area contributed by atoms with Gasteiger partial charge in [-0.25, -0.2) is 9.78 Å². The molecule has 0 unspecified atom stereocenters. The number of benzene rings is 1. The number of fused-ring (bicyclic) bond motifs is 1. The molecule has 2 heterocycles. The van der Waals surface area contributed by atoms with Crippen LogP contribution in [0, 0.1) is 0 Å². The quantitative estimate of drug-likeness (QED) is 0.598.